The van der Waals surface area contributed by atoms with Gasteiger partial charge in [-0.05, 0) is 44.5 Å². The van der Waals surface area contributed by atoms with Crippen LogP contribution in [0.2, 0.25) is 0 Å². The maximum atomic E-state index is 13.0. The van der Waals surface area contributed by atoms with Crippen LogP contribution < -0.4 is 10.1 Å². The first-order valence-corrected chi connectivity index (χ1v) is 9.44. The van der Waals surface area contributed by atoms with Crippen molar-refractivity contribution in [2.45, 2.75) is 45.9 Å². The van der Waals surface area contributed by atoms with Crippen molar-refractivity contribution in [3.8, 4) is 5.75 Å². The van der Waals surface area contributed by atoms with Crippen LogP contribution in [0, 0.1) is 12.7 Å². The maximum Gasteiger partial charge on any atom is 0.221 e. The fraction of sp³-hybridized carbons (Fsp3) is 0.409. The molecule has 0 saturated carbocycles. The Morgan fingerprint density at radius 1 is 1.30 bits per heavy atom. The number of hydrogen-bond donors (Lipinski definition) is 1. The molecule has 0 saturated heterocycles. The molecule has 0 aromatic heterocycles. The van der Waals surface area contributed by atoms with Gasteiger partial charge < -0.3 is 10.1 Å². The minimum absolute atomic E-state index is 0.00545. The summed E-state index contributed by atoms with van der Waals surface area (Å²) in [7, 11) is 0. The summed E-state index contributed by atoms with van der Waals surface area (Å²) in [5, 5.41) is 2.99. The Bertz CT molecular complexity index is 791. The van der Waals surface area contributed by atoms with Gasteiger partial charge in [0.25, 0.3) is 0 Å². The van der Waals surface area contributed by atoms with E-state index in [1.165, 1.54) is 23.3 Å². The molecule has 1 amide bonds. The van der Waals surface area contributed by atoms with Gasteiger partial charge in [0.15, 0.2) is 0 Å². The molecule has 2 aromatic carbocycles. The van der Waals surface area contributed by atoms with E-state index in [9.17, 15) is 9.18 Å². The van der Waals surface area contributed by atoms with Gasteiger partial charge in [0.1, 0.15) is 17.7 Å². The average Bonchev–Trinajstić information content (AvgIpc) is 2.77. The highest BCUT2D eigenvalue weighted by Crippen LogP contribution is 2.26. The third kappa shape index (κ3) is 5.30. The predicted octanol–water partition coefficient (Wildman–Crippen LogP) is 3.98. The lowest BCUT2D eigenvalue weighted by atomic mass is 10.1. The zero-order valence-corrected chi connectivity index (χ0v) is 16.2. The standard InChI is InChI=1S/C22H27FN2O2/c1-15-4-9-21-19(12-15)14-25(13-16(2)27-21)11-10-22(26)24-17(3)18-5-7-20(23)8-6-18/h4-9,12,16-17H,10-11,13-14H2,1-3H3,(H,24,26)/t16-,17+/m1/s1. The number of hydrogen-bond acceptors (Lipinski definition) is 3. The largest absolute Gasteiger partial charge is 0.489 e. The molecule has 0 bridgehead atoms. The first-order chi connectivity index (χ1) is 12.9. The lowest BCUT2D eigenvalue weighted by Gasteiger charge is -2.22. The molecule has 0 spiro atoms. The van der Waals surface area contributed by atoms with Gasteiger partial charge in [0, 0.05) is 31.6 Å². The molecule has 2 atom stereocenters. The number of nitrogens with zero attached hydrogens (tertiary/aromatic N) is 1. The molecule has 0 fully saturated rings. The van der Waals surface area contributed by atoms with Crippen LogP contribution in [0.3, 0.4) is 0 Å². The first kappa shape index (κ1) is 19.4. The second-order valence-electron chi connectivity index (χ2n) is 7.37. The number of amides is 1. The molecule has 5 heteroatoms. The minimum Gasteiger partial charge on any atom is -0.489 e. The Hall–Kier alpha value is -2.40. The van der Waals surface area contributed by atoms with E-state index in [1.54, 1.807) is 12.1 Å². The normalized spacial score (nSPS) is 18.1. The second-order valence-corrected chi connectivity index (χ2v) is 7.37. The molecule has 1 heterocycles. The van der Waals surface area contributed by atoms with Crippen LogP contribution in [-0.2, 0) is 11.3 Å². The van der Waals surface area contributed by atoms with Gasteiger partial charge in [-0.2, -0.15) is 0 Å². The maximum absolute atomic E-state index is 13.0. The molecule has 144 valence electrons. The molecule has 1 aliphatic rings. The van der Waals surface area contributed by atoms with Crippen LogP contribution in [0.4, 0.5) is 4.39 Å². The quantitative estimate of drug-likeness (QED) is 0.865. The summed E-state index contributed by atoms with van der Waals surface area (Å²) in [6, 6.07) is 12.3. The molecule has 2 aromatic rings. The smallest absolute Gasteiger partial charge is 0.221 e. The van der Waals surface area contributed by atoms with Crippen LogP contribution in [0.1, 0.15) is 43.0 Å². The van der Waals surface area contributed by atoms with E-state index in [1.807, 2.05) is 13.0 Å². The number of aryl methyl sites for hydroxylation is 1. The van der Waals surface area contributed by atoms with E-state index in [-0.39, 0.29) is 23.9 Å². The van der Waals surface area contributed by atoms with Crippen LogP contribution in [0.15, 0.2) is 42.5 Å². The van der Waals surface area contributed by atoms with Gasteiger partial charge in [-0.3, -0.25) is 9.69 Å². The molecule has 1 aliphatic heterocycles. The van der Waals surface area contributed by atoms with E-state index in [4.69, 9.17) is 4.74 Å². The van der Waals surface area contributed by atoms with Gasteiger partial charge in [0.2, 0.25) is 5.91 Å². The van der Waals surface area contributed by atoms with Crippen LogP contribution >= 0.6 is 0 Å². The summed E-state index contributed by atoms with van der Waals surface area (Å²) in [5.41, 5.74) is 3.27. The van der Waals surface area contributed by atoms with Gasteiger partial charge >= 0.3 is 0 Å². The zero-order chi connectivity index (χ0) is 19.4. The summed E-state index contributed by atoms with van der Waals surface area (Å²) in [5.74, 6) is 0.657. The van der Waals surface area contributed by atoms with Crippen molar-refractivity contribution in [2.24, 2.45) is 0 Å². The van der Waals surface area contributed by atoms with E-state index >= 15 is 0 Å². The Balaban J connectivity index is 1.55. The SMILES string of the molecule is Cc1ccc2c(c1)CN(CCC(=O)N[C@@H](C)c1ccc(F)cc1)C[C@@H](C)O2. The molecular weight excluding hydrogens is 343 g/mol. The van der Waals surface area contributed by atoms with E-state index in [2.05, 4.69) is 36.2 Å². The van der Waals surface area contributed by atoms with Crippen molar-refractivity contribution >= 4 is 5.91 Å². The van der Waals surface area contributed by atoms with Crippen molar-refractivity contribution in [2.75, 3.05) is 13.1 Å². The zero-order valence-electron chi connectivity index (χ0n) is 16.2. The lowest BCUT2D eigenvalue weighted by Crippen LogP contribution is -2.35. The lowest BCUT2D eigenvalue weighted by molar-refractivity contribution is -0.122. The van der Waals surface area contributed by atoms with Crippen molar-refractivity contribution in [3.05, 3.63) is 65.0 Å². The van der Waals surface area contributed by atoms with Crippen molar-refractivity contribution in [1.82, 2.24) is 10.2 Å². The molecule has 4 nitrogen and oxygen atoms in total. The number of fused-ring (bicyclic) bond motifs is 1. The number of nitrogens with one attached hydrogen (secondary N) is 1. The third-order valence-corrected chi connectivity index (χ3v) is 4.86. The van der Waals surface area contributed by atoms with Crippen molar-refractivity contribution in [3.63, 3.8) is 0 Å². The van der Waals surface area contributed by atoms with Crippen LogP contribution in [-0.4, -0.2) is 30.0 Å². The van der Waals surface area contributed by atoms with Gasteiger partial charge in [-0.15, -0.1) is 0 Å². The van der Waals surface area contributed by atoms with Crippen LogP contribution in [0.5, 0.6) is 5.75 Å². The second kappa shape index (κ2) is 8.53. The van der Waals surface area contributed by atoms with Gasteiger partial charge in [-0.25, -0.2) is 4.39 Å². The van der Waals surface area contributed by atoms with Crippen molar-refractivity contribution < 1.29 is 13.9 Å². The molecule has 3 rings (SSSR count). The molecular formula is C22H27FN2O2. The third-order valence-electron chi connectivity index (χ3n) is 4.86. The number of halogens is 1. The molecule has 0 radical (unpaired) electrons. The number of carbonyl (C=O) groups excluding carboxylic acids is 1. The average molecular weight is 370 g/mol. The summed E-state index contributed by atoms with van der Waals surface area (Å²) >= 11 is 0. The molecule has 27 heavy (non-hydrogen) atoms. The fourth-order valence-electron chi connectivity index (χ4n) is 3.45. The highest BCUT2D eigenvalue weighted by atomic mass is 19.1. The number of rotatable bonds is 5. The van der Waals surface area contributed by atoms with Crippen molar-refractivity contribution in [1.29, 1.82) is 0 Å². The van der Waals surface area contributed by atoms with E-state index in [0.29, 0.717) is 13.0 Å². The molecule has 0 unspecified atom stereocenters. The van der Waals surface area contributed by atoms with Gasteiger partial charge in [-0.1, -0.05) is 29.8 Å². The number of benzene rings is 2. The predicted molar refractivity (Wildman–Crippen MR) is 104 cm³/mol. The monoisotopic (exact) mass is 370 g/mol. The van der Waals surface area contributed by atoms with Gasteiger partial charge in [0.05, 0.1) is 6.04 Å². The molecule has 1 N–H and O–H groups in total. The van der Waals surface area contributed by atoms with E-state index < -0.39 is 0 Å². The summed E-state index contributed by atoms with van der Waals surface area (Å²) < 4.78 is 19.0. The summed E-state index contributed by atoms with van der Waals surface area (Å²) in [4.78, 5) is 14.6. The number of carbonyl (C=O) groups is 1. The Morgan fingerprint density at radius 3 is 2.78 bits per heavy atom. The topological polar surface area (TPSA) is 41.6 Å². The van der Waals surface area contributed by atoms with Crippen LogP contribution in [0.25, 0.3) is 0 Å². The molecule has 0 aliphatic carbocycles. The Morgan fingerprint density at radius 2 is 2.04 bits per heavy atom. The minimum atomic E-state index is -0.273. The highest BCUT2D eigenvalue weighted by molar-refractivity contribution is 5.76. The van der Waals surface area contributed by atoms with E-state index in [0.717, 1.165) is 24.4 Å². The summed E-state index contributed by atoms with van der Waals surface area (Å²) in [6.07, 6.45) is 0.495. The fourth-order valence-corrected chi connectivity index (χ4v) is 3.45. The number of ether oxygens (including phenoxy) is 1. The first-order valence-electron chi connectivity index (χ1n) is 9.44. The summed E-state index contributed by atoms with van der Waals surface area (Å²) in [6.45, 7) is 8.27. The Labute approximate surface area is 160 Å². The Kier molecular flexibility index (Phi) is 6.11. The highest BCUT2D eigenvalue weighted by Gasteiger charge is 2.21.